The molecule has 0 bridgehead atoms. The van der Waals surface area contributed by atoms with Crippen LogP contribution in [-0.4, -0.2) is 11.5 Å². The Labute approximate surface area is 71.9 Å². The van der Waals surface area contributed by atoms with Crippen molar-refractivity contribution < 1.29 is 0 Å². The van der Waals surface area contributed by atoms with Crippen molar-refractivity contribution >= 4 is 5.69 Å². The quantitative estimate of drug-likeness (QED) is 0.621. The molecule has 1 aromatic rings. The van der Waals surface area contributed by atoms with E-state index in [1.54, 1.807) is 0 Å². The van der Waals surface area contributed by atoms with Crippen LogP contribution >= 0.6 is 0 Å². The van der Waals surface area contributed by atoms with Crippen LogP contribution in [-0.2, 0) is 0 Å². The smallest absolute Gasteiger partial charge is 0.0439 e. The summed E-state index contributed by atoms with van der Waals surface area (Å²) in [5.74, 6) is 0. The minimum atomic E-state index is 0.945. The van der Waals surface area contributed by atoms with Gasteiger partial charge in [-0.3, -0.25) is 4.98 Å². The van der Waals surface area contributed by atoms with Crippen LogP contribution in [0, 0.1) is 0 Å². The SMILES string of the molecule is C1=CCN(c2ccncc2)C=C1. The lowest BCUT2D eigenvalue weighted by Gasteiger charge is -2.19. The molecule has 0 aromatic carbocycles. The Morgan fingerprint density at radius 3 is 2.67 bits per heavy atom. The largest absolute Gasteiger partial charge is 0.344 e. The summed E-state index contributed by atoms with van der Waals surface area (Å²) in [5.41, 5.74) is 1.19. The summed E-state index contributed by atoms with van der Waals surface area (Å²) in [4.78, 5) is 6.14. The number of hydrogen-bond acceptors (Lipinski definition) is 2. The van der Waals surface area contributed by atoms with Crippen molar-refractivity contribution in [1.29, 1.82) is 0 Å². The Bertz CT molecular complexity index is 301. The lowest BCUT2D eigenvalue weighted by Crippen LogP contribution is -2.17. The van der Waals surface area contributed by atoms with Gasteiger partial charge in [-0.15, -0.1) is 0 Å². The first-order chi connectivity index (χ1) is 5.97. The molecule has 1 aliphatic heterocycles. The first kappa shape index (κ1) is 7.10. The monoisotopic (exact) mass is 158 g/mol. The molecule has 2 heteroatoms. The molecule has 0 N–H and O–H groups in total. The highest BCUT2D eigenvalue weighted by atomic mass is 15.1. The van der Waals surface area contributed by atoms with Crippen LogP contribution < -0.4 is 4.90 Å². The van der Waals surface area contributed by atoms with Crippen LogP contribution in [0.15, 0.2) is 49.0 Å². The Kier molecular flexibility index (Phi) is 1.90. The van der Waals surface area contributed by atoms with E-state index in [9.17, 15) is 0 Å². The molecule has 0 radical (unpaired) electrons. The molecule has 1 aliphatic rings. The summed E-state index contributed by atoms with van der Waals surface area (Å²) in [5, 5.41) is 0. The number of hydrogen-bond donors (Lipinski definition) is 0. The molecule has 0 amide bonds. The van der Waals surface area contributed by atoms with Gasteiger partial charge >= 0.3 is 0 Å². The van der Waals surface area contributed by atoms with Gasteiger partial charge in [-0.1, -0.05) is 12.2 Å². The van der Waals surface area contributed by atoms with Crippen molar-refractivity contribution in [1.82, 2.24) is 4.98 Å². The maximum atomic E-state index is 3.97. The second kappa shape index (κ2) is 3.22. The van der Waals surface area contributed by atoms with E-state index >= 15 is 0 Å². The maximum absolute atomic E-state index is 3.97. The van der Waals surface area contributed by atoms with E-state index in [1.807, 2.05) is 30.6 Å². The van der Waals surface area contributed by atoms with E-state index in [0.29, 0.717) is 0 Å². The van der Waals surface area contributed by atoms with E-state index in [-0.39, 0.29) is 0 Å². The van der Waals surface area contributed by atoms with Crippen molar-refractivity contribution in [2.75, 3.05) is 11.4 Å². The van der Waals surface area contributed by atoms with Gasteiger partial charge in [-0.2, -0.15) is 0 Å². The minimum Gasteiger partial charge on any atom is -0.344 e. The minimum absolute atomic E-state index is 0.945. The molecular formula is C10H10N2. The summed E-state index contributed by atoms with van der Waals surface area (Å²) in [7, 11) is 0. The average molecular weight is 158 g/mol. The third-order valence-electron chi connectivity index (χ3n) is 1.81. The summed E-state index contributed by atoms with van der Waals surface area (Å²) in [6.07, 6.45) is 11.9. The van der Waals surface area contributed by atoms with Crippen LogP contribution in [0.1, 0.15) is 0 Å². The first-order valence-corrected chi connectivity index (χ1v) is 3.97. The third-order valence-corrected chi connectivity index (χ3v) is 1.81. The van der Waals surface area contributed by atoms with E-state index in [1.165, 1.54) is 5.69 Å². The zero-order valence-electron chi connectivity index (χ0n) is 6.72. The molecule has 1 aromatic heterocycles. The van der Waals surface area contributed by atoms with Crippen molar-refractivity contribution in [3.8, 4) is 0 Å². The zero-order valence-corrected chi connectivity index (χ0v) is 6.72. The highest BCUT2D eigenvalue weighted by molar-refractivity contribution is 5.49. The molecule has 2 rings (SSSR count). The highest BCUT2D eigenvalue weighted by Crippen LogP contribution is 2.13. The molecule has 0 spiro atoms. The molecule has 0 saturated carbocycles. The number of allylic oxidation sites excluding steroid dienone is 2. The fourth-order valence-corrected chi connectivity index (χ4v) is 1.19. The van der Waals surface area contributed by atoms with Gasteiger partial charge in [0.15, 0.2) is 0 Å². The molecule has 0 aliphatic carbocycles. The predicted molar refractivity (Wildman–Crippen MR) is 49.9 cm³/mol. The number of nitrogens with zero attached hydrogens (tertiary/aromatic N) is 2. The lowest BCUT2D eigenvalue weighted by atomic mass is 10.3. The standard InChI is InChI=1S/C10H10N2/c1-2-8-12(9-3-1)10-4-6-11-7-5-10/h1-8H,9H2. The second-order valence-electron chi connectivity index (χ2n) is 2.63. The van der Waals surface area contributed by atoms with Crippen molar-refractivity contribution in [2.24, 2.45) is 0 Å². The van der Waals surface area contributed by atoms with E-state index in [2.05, 4.69) is 28.2 Å². The molecular weight excluding hydrogens is 148 g/mol. The van der Waals surface area contributed by atoms with Gasteiger partial charge in [0.05, 0.1) is 0 Å². The van der Waals surface area contributed by atoms with Crippen LogP contribution in [0.4, 0.5) is 5.69 Å². The molecule has 0 atom stereocenters. The molecule has 0 fully saturated rings. The van der Waals surface area contributed by atoms with Gasteiger partial charge in [0.25, 0.3) is 0 Å². The highest BCUT2D eigenvalue weighted by Gasteiger charge is 2.00. The van der Waals surface area contributed by atoms with Crippen LogP contribution in [0.25, 0.3) is 0 Å². The van der Waals surface area contributed by atoms with Gasteiger partial charge in [0.1, 0.15) is 0 Å². The van der Waals surface area contributed by atoms with Crippen molar-refractivity contribution in [3.63, 3.8) is 0 Å². The molecule has 60 valence electrons. The third kappa shape index (κ3) is 1.37. The molecule has 12 heavy (non-hydrogen) atoms. The topological polar surface area (TPSA) is 16.1 Å². The Balaban J connectivity index is 2.21. The van der Waals surface area contributed by atoms with Crippen molar-refractivity contribution in [3.05, 3.63) is 49.0 Å². The zero-order chi connectivity index (χ0) is 8.23. The van der Waals surface area contributed by atoms with Gasteiger partial charge in [0, 0.05) is 30.8 Å². The summed E-state index contributed by atoms with van der Waals surface area (Å²) >= 11 is 0. The number of pyridine rings is 1. The normalized spacial score (nSPS) is 15.2. The molecule has 0 unspecified atom stereocenters. The second-order valence-corrected chi connectivity index (χ2v) is 2.63. The fourth-order valence-electron chi connectivity index (χ4n) is 1.19. The molecule has 2 heterocycles. The molecule has 2 nitrogen and oxygen atoms in total. The number of aromatic nitrogens is 1. The molecule has 0 saturated heterocycles. The van der Waals surface area contributed by atoms with E-state index in [4.69, 9.17) is 0 Å². The van der Waals surface area contributed by atoms with Gasteiger partial charge in [-0.25, -0.2) is 0 Å². The summed E-state index contributed by atoms with van der Waals surface area (Å²) < 4.78 is 0. The summed E-state index contributed by atoms with van der Waals surface area (Å²) in [6.45, 7) is 0.945. The predicted octanol–water partition coefficient (Wildman–Crippen LogP) is 1.97. The van der Waals surface area contributed by atoms with E-state index < -0.39 is 0 Å². The van der Waals surface area contributed by atoms with Gasteiger partial charge in [-0.05, 0) is 18.2 Å². The Hall–Kier alpha value is -1.57. The fraction of sp³-hybridized carbons (Fsp3) is 0.100. The van der Waals surface area contributed by atoms with Gasteiger partial charge < -0.3 is 4.90 Å². The van der Waals surface area contributed by atoms with Gasteiger partial charge in [0.2, 0.25) is 0 Å². The average Bonchev–Trinajstić information content (AvgIpc) is 2.21. The van der Waals surface area contributed by atoms with Crippen LogP contribution in [0.5, 0.6) is 0 Å². The Morgan fingerprint density at radius 2 is 2.00 bits per heavy atom. The maximum Gasteiger partial charge on any atom is 0.0439 e. The van der Waals surface area contributed by atoms with Crippen LogP contribution in [0.3, 0.4) is 0 Å². The number of anilines is 1. The first-order valence-electron chi connectivity index (χ1n) is 3.97. The Morgan fingerprint density at radius 1 is 1.17 bits per heavy atom. The van der Waals surface area contributed by atoms with Crippen LogP contribution in [0.2, 0.25) is 0 Å². The van der Waals surface area contributed by atoms with E-state index in [0.717, 1.165) is 6.54 Å². The van der Waals surface area contributed by atoms with Crippen molar-refractivity contribution in [2.45, 2.75) is 0 Å². The number of rotatable bonds is 1. The summed E-state index contributed by atoms with van der Waals surface area (Å²) in [6, 6.07) is 4.01. The lowest BCUT2D eigenvalue weighted by molar-refractivity contribution is 1.07.